The van der Waals surface area contributed by atoms with Crippen molar-refractivity contribution >= 4 is 11.9 Å². The Balaban J connectivity index is 1.60. The number of phenols is 1. The van der Waals surface area contributed by atoms with E-state index in [1.807, 2.05) is 17.1 Å². The number of hydrogen-bond acceptors (Lipinski definition) is 5. The van der Waals surface area contributed by atoms with Crippen LogP contribution in [0.15, 0.2) is 47.6 Å². The number of rotatable bonds is 4. The monoisotopic (exact) mass is 325 g/mol. The number of hydrazone groups is 1. The summed E-state index contributed by atoms with van der Waals surface area (Å²) in [7, 11) is 1.54. The summed E-state index contributed by atoms with van der Waals surface area (Å²) >= 11 is 0. The molecule has 0 aliphatic carbocycles. The van der Waals surface area contributed by atoms with Crippen molar-refractivity contribution in [1.29, 1.82) is 0 Å². The highest BCUT2D eigenvalue weighted by Crippen LogP contribution is 2.28. The maximum atomic E-state index is 10.1. The molecule has 2 aromatic rings. The molecule has 0 saturated carbocycles. The summed E-state index contributed by atoms with van der Waals surface area (Å²) in [6, 6.07) is 14.0. The Labute approximate surface area is 142 Å². The van der Waals surface area contributed by atoms with E-state index in [4.69, 9.17) is 4.74 Å². The second-order valence-electron chi connectivity index (χ2n) is 5.92. The van der Waals surface area contributed by atoms with Gasteiger partial charge in [-0.1, -0.05) is 23.8 Å². The molecule has 1 N–H and O–H groups in total. The van der Waals surface area contributed by atoms with Gasteiger partial charge in [-0.25, -0.2) is 0 Å². The topological polar surface area (TPSA) is 48.3 Å². The molecule has 0 bridgehead atoms. The zero-order chi connectivity index (χ0) is 16.9. The van der Waals surface area contributed by atoms with Crippen molar-refractivity contribution in [2.75, 3.05) is 38.2 Å². The molecule has 5 nitrogen and oxygen atoms in total. The SMILES string of the molecule is COc1cccc(C=NN2CCN(c3ccc(C)cc3)CC2)c1O. The largest absolute Gasteiger partial charge is 0.504 e. The van der Waals surface area contributed by atoms with Crippen LogP contribution in [0.4, 0.5) is 5.69 Å². The molecule has 1 aliphatic rings. The average molecular weight is 325 g/mol. The Hall–Kier alpha value is -2.69. The van der Waals surface area contributed by atoms with E-state index in [2.05, 4.69) is 41.2 Å². The zero-order valence-corrected chi connectivity index (χ0v) is 14.1. The Kier molecular flexibility index (Phi) is 4.89. The van der Waals surface area contributed by atoms with Gasteiger partial charge in [0.05, 0.1) is 26.4 Å². The molecule has 126 valence electrons. The molecule has 0 spiro atoms. The number of benzene rings is 2. The first-order valence-electron chi connectivity index (χ1n) is 8.14. The lowest BCUT2D eigenvalue weighted by atomic mass is 10.2. The summed E-state index contributed by atoms with van der Waals surface area (Å²) in [5.41, 5.74) is 3.20. The highest BCUT2D eigenvalue weighted by Gasteiger charge is 2.15. The molecule has 0 unspecified atom stereocenters. The molecule has 0 amide bonds. The lowest BCUT2D eigenvalue weighted by Crippen LogP contribution is -2.44. The van der Waals surface area contributed by atoms with Crippen LogP contribution in [0.5, 0.6) is 11.5 Å². The van der Waals surface area contributed by atoms with Gasteiger partial charge in [0.25, 0.3) is 0 Å². The quantitative estimate of drug-likeness (QED) is 0.878. The van der Waals surface area contributed by atoms with Gasteiger partial charge in [0.15, 0.2) is 11.5 Å². The number of piperazine rings is 1. The molecule has 1 saturated heterocycles. The van der Waals surface area contributed by atoms with Crippen LogP contribution < -0.4 is 9.64 Å². The van der Waals surface area contributed by atoms with Crippen LogP contribution in [-0.2, 0) is 0 Å². The first-order chi connectivity index (χ1) is 11.7. The number of para-hydroxylation sites is 1. The van der Waals surface area contributed by atoms with Gasteiger partial charge in [-0.2, -0.15) is 5.10 Å². The summed E-state index contributed by atoms with van der Waals surface area (Å²) < 4.78 is 5.12. The third-order valence-corrected chi connectivity index (χ3v) is 4.27. The Morgan fingerprint density at radius 1 is 1.04 bits per heavy atom. The molecule has 0 aromatic heterocycles. The van der Waals surface area contributed by atoms with Crippen molar-refractivity contribution in [3.8, 4) is 11.5 Å². The van der Waals surface area contributed by atoms with Gasteiger partial charge < -0.3 is 14.7 Å². The fourth-order valence-electron chi connectivity index (χ4n) is 2.78. The van der Waals surface area contributed by atoms with Crippen molar-refractivity contribution in [2.24, 2.45) is 5.10 Å². The number of hydrogen-bond donors (Lipinski definition) is 1. The predicted molar refractivity (Wildman–Crippen MR) is 97.2 cm³/mol. The molecule has 5 heteroatoms. The summed E-state index contributed by atoms with van der Waals surface area (Å²) in [4.78, 5) is 2.37. The third-order valence-electron chi connectivity index (χ3n) is 4.27. The minimum absolute atomic E-state index is 0.127. The Bertz CT molecular complexity index is 705. The molecule has 1 aliphatic heterocycles. The Morgan fingerprint density at radius 2 is 1.75 bits per heavy atom. The van der Waals surface area contributed by atoms with Gasteiger partial charge in [-0.05, 0) is 31.2 Å². The summed E-state index contributed by atoms with van der Waals surface area (Å²) in [6.07, 6.45) is 1.69. The highest BCUT2D eigenvalue weighted by atomic mass is 16.5. The molecule has 1 fully saturated rings. The normalized spacial score (nSPS) is 15.1. The number of methoxy groups -OCH3 is 1. The van der Waals surface area contributed by atoms with Crippen LogP contribution in [0.25, 0.3) is 0 Å². The molecule has 1 heterocycles. The fourth-order valence-corrected chi connectivity index (χ4v) is 2.78. The summed E-state index contributed by atoms with van der Waals surface area (Å²) in [6.45, 7) is 5.68. The van der Waals surface area contributed by atoms with Crippen molar-refractivity contribution < 1.29 is 9.84 Å². The van der Waals surface area contributed by atoms with E-state index in [1.54, 1.807) is 19.4 Å². The van der Waals surface area contributed by atoms with Crippen LogP contribution in [0.1, 0.15) is 11.1 Å². The van der Waals surface area contributed by atoms with Gasteiger partial charge in [0.1, 0.15) is 0 Å². The average Bonchev–Trinajstić information content (AvgIpc) is 2.62. The second kappa shape index (κ2) is 7.25. The molecule has 0 atom stereocenters. The summed E-state index contributed by atoms with van der Waals surface area (Å²) in [5.74, 6) is 0.588. The first kappa shape index (κ1) is 16.2. The summed E-state index contributed by atoms with van der Waals surface area (Å²) in [5, 5.41) is 16.6. The third kappa shape index (κ3) is 3.62. The number of aromatic hydroxyl groups is 1. The van der Waals surface area contributed by atoms with Crippen LogP contribution >= 0.6 is 0 Å². The van der Waals surface area contributed by atoms with Crippen molar-refractivity contribution in [3.05, 3.63) is 53.6 Å². The number of aryl methyl sites for hydroxylation is 1. The van der Waals surface area contributed by atoms with Gasteiger partial charge in [-0.15, -0.1) is 0 Å². The van der Waals surface area contributed by atoms with Crippen LogP contribution in [0.3, 0.4) is 0 Å². The minimum Gasteiger partial charge on any atom is -0.504 e. The molecule has 3 rings (SSSR count). The van der Waals surface area contributed by atoms with Crippen molar-refractivity contribution in [2.45, 2.75) is 6.92 Å². The van der Waals surface area contributed by atoms with Crippen molar-refractivity contribution in [1.82, 2.24) is 5.01 Å². The van der Waals surface area contributed by atoms with E-state index in [9.17, 15) is 5.11 Å². The van der Waals surface area contributed by atoms with E-state index in [1.165, 1.54) is 11.3 Å². The molecular formula is C19H23N3O2. The minimum atomic E-state index is 0.127. The second-order valence-corrected chi connectivity index (χ2v) is 5.92. The van der Waals surface area contributed by atoms with Gasteiger partial charge in [-0.3, -0.25) is 5.01 Å². The number of nitrogens with zero attached hydrogens (tertiary/aromatic N) is 3. The van der Waals surface area contributed by atoms with E-state index in [0.29, 0.717) is 11.3 Å². The van der Waals surface area contributed by atoms with E-state index < -0.39 is 0 Å². The van der Waals surface area contributed by atoms with E-state index in [-0.39, 0.29) is 5.75 Å². The first-order valence-corrected chi connectivity index (χ1v) is 8.14. The van der Waals surface area contributed by atoms with Crippen LogP contribution in [0.2, 0.25) is 0 Å². The number of phenolic OH excluding ortho intramolecular Hbond substituents is 1. The molecular weight excluding hydrogens is 302 g/mol. The molecule has 0 radical (unpaired) electrons. The smallest absolute Gasteiger partial charge is 0.166 e. The standard InChI is InChI=1S/C19H23N3O2/c1-15-6-8-17(9-7-15)21-10-12-22(13-11-21)20-14-16-4-3-5-18(24-2)19(16)23/h3-9,14,23H,10-13H2,1-2H3. The number of ether oxygens (including phenoxy) is 1. The Morgan fingerprint density at radius 3 is 2.42 bits per heavy atom. The fraction of sp³-hybridized carbons (Fsp3) is 0.316. The van der Waals surface area contributed by atoms with E-state index in [0.717, 1.165) is 26.2 Å². The predicted octanol–water partition coefficient (Wildman–Crippen LogP) is 2.87. The highest BCUT2D eigenvalue weighted by molar-refractivity contribution is 5.84. The van der Waals surface area contributed by atoms with Gasteiger partial charge >= 0.3 is 0 Å². The molecule has 2 aromatic carbocycles. The van der Waals surface area contributed by atoms with Crippen LogP contribution in [0, 0.1) is 6.92 Å². The van der Waals surface area contributed by atoms with Gasteiger partial charge in [0, 0.05) is 24.3 Å². The van der Waals surface area contributed by atoms with Crippen LogP contribution in [-0.4, -0.2) is 49.6 Å². The maximum absolute atomic E-state index is 10.1. The zero-order valence-electron chi connectivity index (χ0n) is 14.1. The van der Waals surface area contributed by atoms with E-state index >= 15 is 0 Å². The van der Waals surface area contributed by atoms with Gasteiger partial charge in [0.2, 0.25) is 0 Å². The lowest BCUT2D eigenvalue weighted by Gasteiger charge is -2.34. The number of anilines is 1. The lowest BCUT2D eigenvalue weighted by molar-refractivity contribution is 0.272. The van der Waals surface area contributed by atoms with Crippen molar-refractivity contribution in [3.63, 3.8) is 0 Å². The maximum Gasteiger partial charge on any atom is 0.166 e. The molecule has 24 heavy (non-hydrogen) atoms.